The summed E-state index contributed by atoms with van der Waals surface area (Å²) < 4.78 is 33.6. The molecule has 0 aromatic carbocycles. The second kappa shape index (κ2) is 5.94. The van der Waals surface area contributed by atoms with Gasteiger partial charge in [-0.2, -0.15) is 10.1 Å². The summed E-state index contributed by atoms with van der Waals surface area (Å²) in [5.41, 5.74) is 0.459. The molecule has 2 rings (SSSR count). The summed E-state index contributed by atoms with van der Waals surface area (Å²) in [4.78, 5) is 4.29. The highest BCUT2D eigenvalue weighted by Crippen LogP contribution is 2.14. The number of hydrogen-bond acceptors (Lipinski definition) is 6. The Morgan fingerprint density at radius 2 is 2.14 bits per heavy atom. The third kappa shape index (κ3) is 3.48. The topological polar surface area (TPSA) is 103 Å². The SMILES string of the molecule is CCn1cc(S(=O)(=O)NCc2noc(C(C)C)n2)c(C)n1. The first kappa shape index (κ1) is 15.6. The molecule has 0 unspecified atom stereocenters. The first-order chi connectivity index (χ1) is 9.83. The zero-order chi connectivity index (χ0) is 15.6. The largest absolute Gasteiger partial charge is 0.339 e. The molecule has 0 aliphatic carbocycles. The highest BCUT2D eigenvalue weighted by molar-refractivity contribution is 7.89. The van der Waals surface area contributed by atoms with E-state index in [4.69, 9.17) is 4.52 Å². The Balaban J connectivity index is 2.11. The highest BCUT2D eigenvalue weighted by atomic mass is 32.2. The van der Waals surface area contributed by atoms with Crippen LogP contribution in [0.5, 0.6) is 0 Å². The van der Waals surface area contributed by atoms with Gasteiger partial charge in [0.1, 0.15) is 4.90 Å². The molecule has 0 amide bonds. The van der Waals surface area contributed by atoms with E-state index in [0.717, 1.165) is 0 Å². The molecular weight excluding hydrogens is 294 g/mol. The number of nitrogens with zero attached hydrogens (tertiary/aromatic N) is 4. The highest BCUT2D eigenvalue weighted by Gasteiger charge is 2.21. The Morgan fingerprint density at radius 1 is 1.43 bits per heavy atom. The molecule has 0 aliphatic heterocycles. The Bertz CT molecular complexity index is 717. The number of aryl methyl sites for hydroxylation is 2. The van der Waals surface area contributed by atoms with Gasteiger partial charge in [-0.3, -0.25) is 4.68 Å². The van der Waals surface area contributed by atoms with Crippen LogP contribution in [-0.4, -0.2) is 28.3 Å². The predicted octanol–water partition coefficient (Wildman–Crippen LogP) is 1.20. The van der Waals surface area contributed by atoms with Crippen molar-refractivity contribution in [1.82, 2.24) is 24.6 Å². The van der Waals surface area contributed by atoms with Gasteiger partial charge in [-0.25, -0.2) is 13.1 Å². The third-order valence-electron chi connectivity index (χ3n) is 2.91. The summed E-state index contributed by atoms with van der Waals surface area (Å²) in [6, 6.07) is 0. The zero-order valence-corrected chi connectivity index (χ0v) is 13.3. The minimum absolute atomic E-state index is 0.0186. The van der Waals surface area contributed by atoms with Gasteiger partial charge in [0.15, 0.2) is 5.82 Å². The molecule has 0 radical (unpaired) electrons. The van der Waals surface area contributed by atoms with Crippen molar-refractivity contribution in [2.75, 3.05) is 0 Å². The van der Waals surface area contributed by atoms with Gasteiger partial charge in [-0.1, -0.05) is 19.0 Å². The average molecular weight is 313 g/mol. The van der Waals surface area contributed by atoms with Crippen molar-refractivity contribution in [3.63, 3.8) is 0 Å². The van der Waals surface area contributed by atoms with Gasteiger partial charge in [0.2, 0.25) is 15.9 Å². The summed E-state index contributed by atoms with van der Waals surface area (Å²) in [7, 11) is -3.64. The minimum atomic E-state index is -3.64. The average Bonchev–Trinajstić information content (AvgIpc) is 3.03. The number of aromatic nitrogens is 4. The zero-order valence-electron chi connectivity index (χ0n) is 12.5. The lowest BCUT2D eigenvalue weighted by molar-refractivity contribution is 0.360. The van der Waals surface area contributed by atoms with Gasteiger partial charge >= 0.3 is 0 Å². The quantitative estimate of drug-likeness (QED) is 0.859. The molecule has 9 heteroatoms. The van der Waals surface area contributed by atoms with Crippen molar-refractivity contribution >= 4 is 10.0 Å². The van der Waals surface area contributed by atoms with E-state index >= 15 is 0 Å². The molecule has 0 bridgehead atoms. The molecule has 1 N–H and O–H groups in total. The molecule has 21 heavy (non-hydrogen) atoms. The first-order valence-corrected chi connectivity index (χ1v) is 8.18. The van der Waals surface area contributed by atoms with Crippen LogP contribution in [-0.2, 0) is 23.1 Å². The predicted molar refractivity (Wildman–Crippen MR) is 75.1 cm³/mol. The molecule has 8 nitrogen and oxygen atoms in total. The van der Waals surface area contributed by atoms with Crippen LogP contribution in [0, 0.1) is 6.92 Å². The van der Waals surface area contributed by atoms with Crippen LogP contribution in [0.15, 0.2) is 15.6 Å². The molecule has 0 atom stereocenters. The van der Waals surface area contributed by atoms with E-state index in [-0.39, 0.29) is 17.4 Å². The van der Waals surface area contributed by atoms with Crippen LogP contribution in [0.1, 0.15) is 44.1 Å². The molecule has 0 spiro atoms. The van der Waals surface area contributed by atoms with Gasteiger partial charge < -0.3 is 4.52 Å². The smallest absolute Gasteiger partial charge is 0.244 e. The lowest BCUT2D eigenvalue weighted by Gasteiger charge is -2.02. The Kier molecular flexibility index (Phi) is 4.43. The van der Waals surface area contributed by atoms with E-state index in [9.17, 15) is 8.42 Å². The van der Waals surface area contributed by atoms with E-state index in [2.05, 4.69) is 20.0 Å². The number of nitrogens with one attached hydrogen (secondary N) is 1. The molecule has 2 aromatic rings. The van der Waals surface area contributed by atoms with E-state index in [0.29, 0.717) is 24.0 Å². The van der Waals surface area contributed by atoms with Crippen LogP contribution in [0.25, 0.3) is 0 Å². The molecule has 0 saturated carbocycles. The summed E-state index contributed by atoms with van der Waals surface area (Å²) in [6.07, 6.45) is 1.51. The molecule has 0 saturated heterocycles. The van der Waals surface area contributed by atoms with Crippen molar-refractivity contribution in [2.24, 2.45) is 0 Å². The van der Waals surface area contributed by atoms with Gasteiger partial charge in [0.25, 0.3) is 0 Å². The van der Waals surface area contributed by atoms with Gasteiger partial charge in [0.05, 0.1) is 12.2 Å². The van der Waals surface area contributed by atoms with Crippen molar-refractivity contribution in [3.8, 4) is 0 Å². The van der Waals surface area contributed by atoms with Gasteiger partial charge in [0, 0.05) is 18.7 Å². The molecule has 2 heterocycles. The second-order valence-electron chi connectivity index (χ2n) is 4.96. The number of hydrogen-bond donors (Lipinski definition) is 1. The normalized spacial score (nSPS) is 12.2. The van der Waals surface area contributed by atoms with Crippen LogP contribution in [0.2, 0.25) is 0 Å². The molecular formula is C12H19N5O3S. The Labute approximate surface area is 123 Å². The fourth-order valence-electron chi connectivity index (χ4n) is 1.74. The minimum Gasteiger partial charge on any atom is -0.339 e. The van der Waals surface area contributed by atoms with Crippen molar-refractivity contribution in [3.05, 3.63) is 23.6 Å². The molecule has 2 aromatic heterocycles. The van der Waals surface area contributed by atoms with Crippen molar-refractivity contribution < 1.29 is 12.9 Å². The Hall–Kier alpha value is -1.74. The number of rotatable bonds is 6. The monoisotopic (exact) mass is 313 g/mol. The van der Waals surface area contributed by atoms with E-state index in [1.165, 1.54) is 6.20 Å². The van der Waals surface area contributed by atoms with Gasteiger partial charge in [-0.15, -0.1) is 0 Å². The van der Waals surface area contributed by atoms with Crippen molar-refractivity contribution in [2.45, 2.75) is 51.6 Å². The van der Waals surface area contributed by atoms with Crippen LogP contribution >= 0.6 is 0 Å². The summed E-state index contributed by atoms with van der Waals surface area (Å²) >= 11 is 0. The number of sulfonamides is 1. The Morgan fingerprint density at radius 3 is 2.67 bits per heavy atom. The maximum Gasteiger partial charge on any atom is 0.244 e. The van der Waals surface area contributed by atoms with E-state index in [1.807, 2.05) is 20.8 Å². The van der Waals surface area contributed by atoms with E-state index in [1.54, 1.807) is 11.6 Å². The lowest BCUT2D eigenvalue weighted by atomic mass is 10.2. The fourth-order valence-corrected chi connectivity index (χ4v) is 2.90. The van der Waals surface area contributed by atoms with Gasteiger partial charge in [-0.05, 0) is 13.8 Å². The summed E-state index contributed by atoms with van der Waals surface area (Å²) in [5, 5.41) is 7.87. The molecule has 0 fully saturated rings. The summed E-state index contributed by atoms with van der Waals surface area (Å²) in [5.74, 6) is 0.898. The van der Waals surface area contributed by atoms with Crippen molar-refractivity contribution in [1.29, 1.82) is 0 Å². The maximum atomic E-state index is 12.2. The second-order valence-corrected chi connectivity index (χ2v) is 6.70. The summed E-state index contributed by atoms with van der Waals surface area (Å²) in [6.45, 7) is 7.98. The third-order valence-corrected chi connectivity index (χ3v) is 4.42. The molecule has 116 valence electrons. The van der Waals surface area contributed by atoms with Crippen LogP contribution < -0.4 is 4.72 Å². The fraction of sp³-hybridized carbons (Fsp3) is 0.583. The van der Waals surface area contributed by atoms with Crippen LogP contribution in [0.4, 0.5) is 0 Å². The first-order valence-electron chi connectivity index (χ1n) is 6.69. The molecule has 0 aliphatic rings. The van der Waals surface area contributed by atoms with E-state index < -0.39 is 10.0 Å². The van der Waals surface area contributed by atoms with Crippen LogP contribution in [0.3, 0.4) is 0 Å². The lowest BCUT2D eigenvalue weighted by Crippen LogP contribution is -2.24. The standard InChI is InChI=1S/C12H19N5O3S/c1-5-17-7-10(9(4)15-17)21(18,19)13-6-11-14-12(8(2)3)20-16-11/h7-8,13H,5-6H2,1-4H3. The maximum absolute atomic E-state index is 12.2.